The Bertz CT molecular complexity index is 301. The summed E-state index contributed by atoms with van der Waals surface area (Å²) >= 11 is 0. The van der Waals surface area contributed by atoms with Gasteiger partial charge in [-0.2, -0.15) is 5.10 Å². The number of hydrazone groups is 1. The molecule has 1 atom stereocenters. The van der Waals surface area contributed by atoms with Crippen LogP contribution in [0.15, 0.2) is 5.10 Å². The zero-order valence-electron chi connectivity index (χ0n) is 9.26. The molecule has 1 heterocycles. The van der Waals surface area contributed by atoms with Crippen LogP contribution in [0.25, 0.3) is 0 Å². The van der Waals surface area contributed by atoms with Crippen LogP contribution in [0.5, 0.6) is 0 Å². The Morgan fingerprint density at radius 2 is 2.00 bits per heavy atom. The van der Waals surface area contributed by atoms with E-state index in [2.05, 4.69) is 10.5 Å². The number of hydrogen-bond acceptors (Lipinski definition) is 5. The summed E-state index contributed by atoms with van der Waals surface area (Å²) in [6.45, 7) is 0. The molecule has 0 bridgehead atoms. The minimum Gasteiger partial charge on any atom is -0.303 e. The quantitative estimate of drug-likeness (QED) is 0.468. The topological polar surface area (TPSA) is 68.2 Å². The Hall–Kier alpha value is -1.63. The molecule has 3 amide bonds. The second-order valence-electron chi connectivity index (χ2n) is 3.46. The molecule has 0 aromatic heterocycles. The number of likely N-dealkylation sites (N-methyl/N-ethyl adjacent to an activating group) is 1. The molecule has 1 aliphatic rings. The summed E-state index contributed by atoms with van der Waals surface area (Å²) in [5.41, 5.74) is 2.72. The van der Waals surface area contributed by atoms with Gasteiger partial charge >= 0.3 is 6.03 Å². The maximum atomic E-state index is 11.6. The van der Waals surface area contributed by atoms with Crippen LogP contribution in [0.4, 0.5) is 4.79 Å². The van der Waals surface area contributed by atoms with Gasteiger partial charge in [0.15, 0.2) is 0 Å². The second kappa shape index (κ2) is 4.26. The minimum atomic E-state index is -0.597. The van der Waals surface area contributed by atoms with E-state index >= 15 is 0 Å². The first kappa shape index (κ1) is 11.4. The summed E-state index contributed by atoms with van der Waals surface area (Å²) in [7, 11) is 6.51. The summed E-state index contributed by atoms with van der Waals surface area (Å²) in [6.07, 6.45) is 1.46. The third-order valence-corrected chi connectivity index (χ3v) is 1.95. The molecule has 1 fully saturated rings. The lowest BCUT2D eigenvalue weighted by molar-refractivity contribution is -0.131. The van der Waals surface area contributed by atoms with E-state index in [4.69, 9.17) is 0 Å². The van der Waals surface area contributed by atoms with Gasteiger partial charge in [-0.3, -0.25) is 14.7 Å². The fraction of sp³-hybridized carbons (Fsp3) is 0.625. The molecule has 0 saturated carbocycles. The molecular formula is C8H15N5O2. The van der Waals surface area contributed by atoms with Crippen molar-refractivity contribution in [2.24, 2.45) is 5.10 Å². The van der Waals surface area contributed by atoms with Gasteiger partial charge in [0.25, 0.3) is 5.91 Å². The number of carbonyl (C=O) groups is 2. The van der Waals surface area contributed by atoms with E-state index in [0.717, 1.165) is 4.90 Å². The first-order valence-corrected chi connectivity index (χ1v) is 4.46. The molecule has 7 heteroatoms. The average molecular weight is 213 g/mol. The van der Waals surface area contributed by atoms with Crippen LogP contribution in [-0.2, 0) is 4.79 Å². The Morgan fingerprint density at radius 3 is 2.53 bits per heavy atom. The Balaban J connectivity index is 2.75. The molecule has 1 saturated heterocycles. The molecule has 0 aliphatic carbocycles. The first-order chi connectivity index (χ1) is 6.93. The molecule has 15 heavy (non-hydrogen) atoms. The summed E-state index contributed by atoms with van der Waals surface area (Å²) < 4.78 is 0. The monoisotopic (exact) mass is 213 g/mol. The van der Waals surface area contributed by atoms with Crippen LogP contribution in [0.3, 0.4) is 0 Å². The van der Waals surface area contributed by atoms with Gasteiger partial charge in [-0.15, -0.1) is 0 Å². The highest BCUT2D eigenvalue weighted by molar-refractivity contribution is 6.06. The molecule has 1 unspecified atom stereocenters. The highest BCUT2D eigenvalue weighted by Gasteiger charge is 2.33. The second-order valence-corrected chi connectivity index (χ2v) is 3.46. The van der Waals surface area contributed by atoms with Crippen LogP contribution in [0, 0.1) is 0 Å². The predicted octanol–water partition coefficient (Wildman–Crippen LogP) is -1.07. The van der Waals surface area contributed by atoms with Gasteiger partial charge in [0.1, 0.15) is 6.04 Å². The highest BCUT2D eigenvalue weighted by atomic mass is 16.2. The molecule has 7 nitrogen and oxygen atoms in total. The van der Waals surface area contributed by atoms with Crippen molar-refractivity contribution in [3.05, 3.63) is 0 Å². The third kappa shape index (κ3) is 2.44. The number of rotatable bonds is 2. The fourth-order valence-electron chi connectivity index (χ4n) is 1.14. The summed E-state index contributed by atoms with van der Waals surface area (Å²) in [5, 5.41) is 6.79. The number of urea groups is 1. The zero-order chi connectivity index (χ0) is 11.6. The number of nitrogens with zero attached hydrogens (tertiary/aromatic N) is 4. The smallest absolute Gasteiger partial charge is 0.303 e. The van der Waals surface area contributed by atoms with Crippen LogP contribution >= 0.6 is 0 Å². The van der Waals surface area contributed by atoms with Crippen LogP contribution in [0.1, 0.15) is 0 Å². The van der Waals surface area contributed by atoms with E-state index in [1.54, 1.807) is 26.2 Å². The van der Waals surface area contributed by atoms with Crippen molar-refractivity contribution in [2.45, 2.75) is 6.04 Å². The molecule has 0 aromatic rings. The van der Waals surface area contributed by atoms with Gasteiger partial charge in [-0.25, -0.2) is 10.2 Å². The third-order valence-electron chi connectivity index (χ3n) is 1.95. The normalized spacial score (nSPS) is 22.8. The van der Waals surface area contributed by atoms with E-state index in [-0.39, 0.29) is 11.9 Å². The molecule has 0 radical (unpaired) electrons. The maximum absolute atomic E-state index is 11.6. The number of carbonyl (C=O) groups excluding carboxylic acids is 2. The number of hydrogen-bond donors (Lipinski definition) is 1. The van der Waals surface area contributed by atoms with Crippen molar-refractivity contribution in [1.29, 1.82) is 0 Å². The number of amides is 3. The first-order valence-electron chi connectivity index (χ1n) is 4.46. The van der Waals surface area contributed by atoms with Gasteiger partial charge in [-0.05, 0) is 0 Å². The predicted molar refractivity (Wildman–Crippen MR) is 55.0 cm³/mol. The Kier molecular flexibility index (Phi) is 3.25. The Labute approximate surface area is 88.3 Å². The van der Waals surface area contributed by atoms with E-state index in [0.29, 0.717) is 0 Å². The van der Waals surface area contributed by atoms with Crippen molar-refractivity contribution in [1.82, 2.24) is 20.3 Å². The van der Waals surface area contributed by atoms with Crippen LogP contribution < -0.4 is 5.43 Å². The average Bonchev–Trinajstić information content (AvgIpc) is 2.18. The zero-order valence-corrected chi connectivity index (χ0v) is 9.26. The van der Waals surface area contributed by atoms with Crippen molar-refractivity contribution in [3.63, 3.8) is 0 Å². The lowest BCUT2D eigenvalue weighted by Crippen LogP contribution is -2.63. The lowest BCUT2D eigenvalue weighted by Gasteiger charge is -2.33. The highest BCUT2D eigenvalue weighted by Crippen LogP contribution is 2.03. The van der Waals surface area contributed by atoms with Gasteiger partial charge in [-0.1, -0.05) is 0 Å². The fourth-order valence-corrected chi connectivity index (χ4v) is 1.14. The van der Waals surface area contributed by atoms with Crippen molar-refractivity contribution in [3.8, 4) is 0 Å². The van der Waals surface area contributed by atoms with Gasteiger partial charge in [0.2, 0.25) is 0 Å². The van der Waals surface area contributed by atoms with Gasteiger partial charge in [0.05, 0.1) is 6.21 Å². The molecular weight excluding hydrogens is 198 g/mol. The van der Waals surface area contributed by atoms with E-state index in [9.17, 15) is 9.59 Å². The number of imide groups is 1. The van der Waals surface area contributed by atoms with Crippen molar-refractivity contribution in [2.75, 3.05) is 28.2 Å². The molecule has 0 aromatic carbocycles. The summed E-state index contributed by atoms with van der Waals surface area (Å²) in [6, 6.07) is -0.977. The molecule has 1 rings (SSSR count). The minimum absolute atomic E-state index is 0.316. The maximum Gasteiger partial charge on any atom is 0.340 e. The number of hydrazine groups is 1. The van der Waals surface area contributed by atoms with Crippen LogP contribution in [-0.4, -0.2) is 67.3 Å². The SMILES string of the molecule is CN(C)/N=C/C1NN(C)C(=O)N(C)C1=O. The summed E-state index contributed by atoms with van der Waals surface area (Å²) in [4.78, 5) is 24.0. The van der Waals surface area contributed by atoms with Gasteiger partial charge < -0.3 is 5.01 Å². The van der Waals surface area contributed by atoms with Crippen LogP contribution in [0.2, 0.25) is 0 Å². The molecule has 0 spiro atoms. The van der Waals surface area contributed by atoms with E-state index < -0.39 is 6.04 Å². The van der Waals surface area contributed by atoms with Crippen molar-refractivity contribution >= 4 is 18.2 Å². The number of nitrogens with one attached hydrogen (secondary N) is 1. The standard InChI is InChI=1S/C8H15N5O2/c1-11(2)9-5-6-7(14)12(3)8(15)13(4)10-6/h5-6,10H,1-4H3/b9-5+. The largest absolute Gasteiger partial charge is 0.340 e. The lowest BCUT2D eigenvalue weighted by atomic mass is 10.3. The summed E-state index contributed by atoms with van der Waals surface area (Å²) in [5.74, 6) is -0.316. The molecule has 1 N–H and O–H groups in total. The van der Waals surface area contributed by atoms with E-state index in [1.165, 1.54) is 18.3 Å². The van der Waals surface area contributed by atoms with Gasteiger partial charge in [0, 0.05) is 28.2 Å². The van der Waals surface area contributed by atoms with E-state index in [1.807, 2.05) is 0 Å². The Morgan fingerprint density at radius 1 is 1.40 bits per heavy atom. The molecule has 84 valence electrons. The van der Waals surface area contributed by atoms with Crippen molar-refractivity contribution < 1.29 is 9.59 Å². The molecule has 1 aliphatic heterocycles.